The third-order valence-corrected chi connectivity index (χ3v) is 5.35. The van der Waals surface area contributed by atoms with Crippen LogP contribution in [0.5, 0.6) is 5.75 Å². The van der Waals surface area contributed by atoms with E-state index < -0.39 is 0 Å². The molecule has 0 spiro atoms. The predicted octanol–water partition coefficient (Wildman–Crippen LogP) is 4.17. The number of fused-ring (bicyclic) bond motifs is 4. The van der Waals surface area contributed by atoms with E-state index >= 15 is 0 Å². The molecule has 1 aliphatic heterocycles. The first kappa shape index (κ1) is 15.3. The van der Waals surface area contributed by atoms with Gasteiger partial charge in [0.2, 0.25) is 0 Å². The molecule has 26 heavy (non-hydrogen) atoms. The van der Waals surface area contributed by atoms with Crippen LogP contribution in [0.25, 0.3) is 32.6 Å². The Balaban J connectivity index is 1.68. The van der Waals surface area contributed by atoms with Crippen molar-refractivity contribution in [2.75, 3.05) is 19.7 Å². The summed E-state index contributed by atoms with van der Waals surface area (Å²) in [6, 6.07) is 17.2. The van der Waals surface area contributed by atoms with Crippen molar-refractivity contribution in [2.45, 2.75) is 6.92 Å². The normalized spacial score (nSPS) is 14.2. The molecule has 130 valence electrons. The first-order valence-corrected chi connectivity index (χ1v) is 9.03. The van der Waals surface area contributed by atoms with Gasteiger partial charge in [0.15, 0.2) is 0 Å². The van der Waals surface area contributed by atoms with Crippen LogP contribution in [0.4, 0.5) is 0 Å². The highest BCUT2D eigenvalue weighted by atomic mass is 16.5. The van der Waals surface area contributed by atoms with Gasteiger partial charge in [-0.05, 0) is 47.5 Å². The summed E-state index contributed by atoms with van der Waals surface area (Å²) in [4.78, 5) is 4.39. The minimum absolute atomic E-state index is 0.498. The molecule has 4 nitrogen and oxygen atoms in total. The van der Waals surface area contributed by atoms with Crippen LogP contribution in [0.3, 0.4) is 0 Å². The quantitative estimate of drug-likeness (QED) is 0.606. The number of ether oxygens (including phenoxy) is 1. The molecule has 4 heteroatoms. The van der Waals surface area contributed by atoms with Gasteiger partial charge in [0.05, 0.1) is 12.1 Å². The largest absolute Gasteiger partial charge is 0.486 e. The van der Waals surface area contributed by atoms with Gasteiger partial charge in [-0.25, -0.2) is 0 Å². The van der Waals surface area contributed by atoms with Crippen molar-refractivity contribution in [1.29, 1.82) is 0 Å². The third kappa shape index (κ3) is 2.25. The lowest BCUT2D eigenvalue weighted by atomic mass is 10.0. The Labute approximate surface area is 152 Å². The number of amidine groups is 1. The zero-order valence-electron chi connectivity index (χ0n) is 15.0. The highest BCUT2D eigenvalue weighted by molar-refractivity contribution is 6.14. The smallest absolute Gasteiger partial charge is 0.145 e. The van der Waals surface area contributed by atoms with Gasteiger partial charge >= 0.3 is 0 Å². The molecule has 0 aliphatic carbocycles. The summed E-state index contributed by atoms with van der Waals surface area (Å²) in [5.41, 5.74) is 3.84. The van der Waals surface area contributed by atoms with Crippen LogP contribution in [0.1, 0.15) is 5.56 Å². The maximum Gasteiger partial charge on any atom is 0.145 e. The summed E-state index contributed by atoms with van der Waals surface area (Å²) in [7, 11) is 2.14. The van der Waals surface area contributed by atoms with Gasteiger partial charge in [0, 0.05) is 29.9 Å². The van der Waals surface area contributed by atoms with Gasteiger partial charge < -0.3 is 14.6 Å². The summed E-state index contributed by atoms with van der Waals surface area (Å²) >= 11 is 0. The standard InChI is InChI=1S/C22H21N3O/c1-14-17-6-4-3-5-15(17)11-19-18-12-16(26-13-21-23-9-10-24-21)7-8-20(18)25(2)22(14)19/h3-8,11-12H,9-10,13H2,1-2H3,(H,23,24). The molecule has 0 atom stereocenters. The van der Waals surface area contributed by atoms with Gasteiger partial charge in [-0.2, -0.15) is 0 Å². The first-order valence-electron chi connectivity index (χ1n) is 9.03. The number of aryl methyl sites for hydroxylation is 2. The Morgan fingerprint density at radius 2 is 1.96 bits per heavy atom. The number of aliphatic imine (C=N–C) groups is 1. The second kappa shape index (κ2) is 5.77. The number of hydrogen-bond donors (Lipinski definition) is 1. The van der Waals surface area contributed by atoms with Crippen LogP contribution in [-0.4, -0.2) is 30.1 Å². The predicted molar refractivity (Wildman–Crippen MR) is 108 cm³/mol. The van der Waals surface area contributed by atoms with Crippen molar-refractivity contribution in [3.8, 4) is 5.75 Å². The van der Waals surface area contributed by atoms with Crippen LogP contribution in [0.2, 0.25) is 0 Å². The van der Waals surface area contributed by atoms with E-state index in [9.17, 15) is 0 Å². The van der Waals surface area contributed by atoms with Crippen LogP contribution in [-0.2, 0) is 7.05 Å². The average Bonchev–Trinajstić information content (AvgIpc) is 3.28. The number of rotatable bonds is 3. The van der Waals surface area contributed by atoms with Gasteiger partial charge in [-0.3, -0.25) is 4.99 Å². The van der Waals surface area contributed by atoms with Crippen molar-refractivity contribution >= 4 is 38.4 Å². The Morgan fingerprint density at radius 1 is 1.08 bits per heavy atom. The van der Waals surface area contributed by atoms with Crippen LogP contribution in [0, 0.1) is 6.92 Å². The van der Waals surface area contributed by atoms with E-state index in [1.54, 1.807) is 0 Å². The van der Waals surface area contributed by atoms with E-state index in [4.69, 9.17) is 4.74 Å². The number of nitrogens with one attached hydrogen (secondary N) is 1. The van der Waals surface area contributed by atoms with E-state index in [0.717, 1.165) is 24.7 Å². The number of benzene rings is 3. The topological polar surface area (TPSA) is 38.5 Å². The van der Waals surface area contributed by atoms with Gasteiger partial charge in [-0.1, -0.05) is 24.3 Å². The zero-order chi connectivity index (χ0) is 17.7. The maximum atomic E-state index is 5.97. The molecule has 1 aromatic heterocycles. The molecule has 0 saturated heterocycles. The molecular formula is C22H21N3O. The number of nitrogens with zero attached hydrogens (tertiary/aromatic N) is 2. The van der Waals surface area contributed by atoms with Crippen molar-refractivity contribution < 1.29 is 4.74 Å². The summed E-state index contributed by atoms with van der Waals surface area (Å²) < 4.78 is 8.26. The second-order valence-electron chi connectivity index (χ2n) is 6.90. The molecule has 0 unspecified atom stereocenters. The molecule has 0 bridgehead atoms. The second-order valence-corrected chi connectivity index (χ2v) is 6.90. The highest BCUT2D eigenvalue weighted by Gasteiger charge is 2.14. The minimum atomic E-state index is 0.498. The molecule has 0 fully saturated rings. The third-order valence-electron chi connectivity index (χ3n) is 5.35. The molecular weight excluding hydrogens is 322 g/mol. The fraction of sp³-hybridized carbons (Fsp3) is 0.227. The fourth-order valence-corrected chi connectivity index (χ4v) is 4.08. The Kier molecular flexibility index (Phi) is 3.38. The lowest BCUT2D eigenvalue weighted by molar-refractivity contribution is 0.374. The molecule has 2 heterocycles. The van der Waals surface area contributed by atoms with Gasteiger partial charge in [0.25, 0.3) is 0 Å². The Morgan fingerprint density at radius 3 is 2.81 bits per heavy atom. The van der Waals surface area contributed by atoms with Crippen LogP contribution in [0.15, 0.2) is 53.5 Å². The zero-order valence-corrected chi connectivity index (χ0v) is 15.0. The van der Waals surface area contributed by atoms with E-state index in [1.807, 2.05) is 6.07 Å². The molecule has 1 aliphatic rings. The van der Waals surface area contributed by atoms with Crippen LogP contribution < -0.4 is 10.1 Å². The molecule has 1 N–H and O–H groups in total. The molecule has 0 amide bonds. The Bertz CT molecular complexity index is 1190. The molecule has 5 rings (SSSR count). The van der Waals surface area contributed by atoms with Crippen molar-refractivity contribution in [3.05, 3.63) is 54.1 Å². The first-order chi connectivity index (χ1) is 12.7. The minimum Gasteiger partial charge on any atom is -0.486 e. The van der Waals surface area contributed by atoms with Gasteiger partial charge in [-0.15, -0.1) is 0 Å². The van der Waals surface area contributed by atoms with Crippen LogP contribution >= 0.6 is 0 Å². The highest BCUT2D eigenvalue weighted by Crippen LogP contribution is 2.36. The molecule has 0 saturated carbocycles. The summed E-state index contributed by atoms with van der Waals surface area (Å²) in [5.74, 6) is 1.82. The van der Waals surface area contributed by atoms with E-state index in [-0.39, 0.29) is 0 Å². The number of hydrogen-bond acceptors (Lipinski definition) is 3. The summed E-state index contributed by atoms with van der Waals surface area (Å²) in [6.07, 6.45) is 0. The maximum absolute atomic E-state index is 5.97. The molecule has 3 aromatic carbocycles. The SMILES string of the molecule is Cc1c2ccccc2cc2c3cc(OCC4=NCCN4)ccc3n(C)c12. The van der Waals surface area contributed by atoms with Crippen molar-refractivity contribution in [3.63, 3.8) is 0 Å². The molecule has 4 aromatic rings. The Hall–Kier alpha value is -3.01. The van der Waals surface area contributed by atoms with Gasteiger partial charge in [0.1, 0.15) is 18.2 Å². The average molecular weight is 343 g/mol. The van der Waals surface area contributed by atoms with Crippen molar-refractivity contribution in [1.82, 2.24) is 9.88 Å². The van der Waals surface area contributed by atoms with E-state index in [1.165, 1.54) is 38.1 Å². The lowest BCUT2D eigenvalue weighted by Gasteiger charge is -2.07. The molecule has 0 radical (unpaired) electrons. The number of aromatic nitrogens is 1. The van der Waals surface area contributed by atoms with E-state index in [2.05, 4.69) is 71.3 Å². The van der Waals surface area contributed by atoms with Crippen molar-refractivity contribution in [2.24, 2.45) is 12.0 Å². The fourth-order valence-electron chi connectivity index (χ4n) is 4.08. The monoisotopic (exact) mass is 343 g/mol. The summed E-state index contributed by atoms with van der Waals surface area (Å²) in [5, 5.41) is 8.35. The van der Waals surface area contributed by atoms with E-state index in [0.29, 0.717) is 6.61 Å². The summed E-state index contributed by atoms with van der Waals surface area (Å²) in [6.45, 7) is 4.46. The lowest BCUT2D eigenvalue weighted by Crippen LogP contribution is -2.24.